The van der Waals surface area contributed by atoms with Gasteiger partial charge in [-0.3, -0.25) is 0 Å². The van der Waals surface area contributed by atoms with Crippen LogP contribution < -0.4 is 5.73 Å². The van der Waals surface area contributed by atoms with Crippen LogP contribution in [0.3, 0.4) is 0 Å². The molecule has 2 rings (SSSR count). The molecule has 0 aliphatic heterocycles. The third-order valence-corrected chi connectivity index (χ3v) is 4.27. The fourth-order valence-corrected chi connectivity index (χ4v) is 3.09. The highest BCUT2D eigenvalue weighted by Crippen LogP contribution is 2.34. The van der Waals surface area contributed by atoms with Gasteiger partial charge in [0.05, 0.1) is 0 Å². The van der Waals surface area contributed by atoms with Crippen molar-refractivity contribution in [2.24, 2.45) is 23.5 Å². The number of nitrogens with two attached hydrogens (primary N) is 1. The number of rotatable bonds is 2. The Bertz CT molecular complexity index is 213. The van der Waals surface area contributed by atoms with E-state index in [9.17, 15) is 0 Å². The van der Waals surface area contributed by atoms with E-state index in [0.717, 1.165) is 17.8 Å². The van der Waals surface area contributed by atoms with Gasteiger partial charge in [-0.25, -0.2) is 0 Å². The van der Waals surface area contributed by atoms with Crippen LogP contribution in [0.2, 0.25) is 0 Å². The fourth-order valence-electron chi connectivity index (χ4n) is 3.09. The van der Waals surface area contributed by atoms with Crippen LogP contribution in [0.4, 0.5) is 0 Å². The normalized spacial score (nSPS) is 41.7. The van der Waals surface area contributed by atoms with Gasteiger partial charge in [0, 0.05) is 6.04 Å². The maximum absolute atomic E-state index is 5.86. The van der Waals surface area contributed by atoms with E-state index in [1.807, 2.05) is 0 Å². The zero-order chi connectivity index (χ0) is 10.7. The summed E-state index contributed by atoms with van der Waals surface area (Å²) in [5, 5.41) is 0. The molecule has 2 aliphatic rings. The van der Waals surface area contributed by atoms with Crippen LogP contribution in [0.5, 0.6) is 0 Å². The molecule has 1 fully saturated rings. The highest BCUT2D eigenvalue weighted by Gasteiger charge is 2.22. The van der Waals surface area contributed by atoms with E-state index >= 15 is 0 Å². The Hall–Kier alpha value is -0.300. The van der Waals surface area contributed by atoms with Gasteiger partial charge in [0.2, 0.25) is 0 Å². The quantitative estimate of drug-likeness (QED) is 0.689. The zero-order valence-electron chi connectivity index (χ0n) is 9.99. The molecule has 2 N–H and O–H groups in total. The summed E-state index contributed by atoms with van der Waals surface area (Å²) in [5.41, 5.74) is 5.86. The molecule has 0 aromatic carbocycles. The van der Waals surface area contributed by atoms with E-state index in [2.05, 4.69) is 19.1 Å². The minimum absolute atomic E-state index is 0.340. The summed E-state index contributed by atoms with van der Waals surface area (Å²) >= 11 is 0. The highest BCUT2D eigenvalue weighted by atomic mass is 14.6. The molecule has 0 saturated heterocycles. The van der Waals surface area contributed by atoms with Crippen molar-refractivity contribution in [2.75, 3.05) is 0 Å². The molecule has 2 unspecified atom stereocenters. The Morgan fingerprint density at radius 3 is 2.33 bits per heavy atom. The number of hydrogen-bond donors (Lipinski definition) is 1. The van der Waals surface area contributed by atoms with E-state index in [-0.39, 0.29) is 0 Å². The van der Waals surface area contributed by atoms with Crippen molar-refractivity contribution in [1.82, 2.24) is 0 Å². The van der Waals surface area contributed by atoms with Crippen molar-refractivity contribution in [3.8, 4) is 0 Å². The van der Waals surface area contributed by atoms with Gasteiger partial charge in [-0.2, -0.15) is 0 Å². The first-order valence-electron chi connectivity index (χ1n) is 6.68. The molecule has 0 aromatic rings. The average molecular weight is 207 g/mol. The molecule has 2 atom stereocenters. The van der Waals surface area contributed by atoms with Gasteiger partial charge >= 0.3 is 0 Å². The molecule has 1 heteroatoms. The summed E-state index contributed by atoms with van der Waals surface area (Å²) in [6.07, 6.45) is 14.4. The Balaban J connectivity index is 1.75. The van der Waals surface area contributed by atoms with E-state index in [0.29, 0.717) is 6.04 Å². The summed E-state index contributed by atoms with van der Waals surface area (Å²) in [6, 6.07) is 0.340. The van der Waals surface area contributed by atoms with Crippen LogP contribution in [-0.2, 0) is 0 Å². The highest BCUT2D eigenvalue weighted by molar-refractivity contribution is 5.00. The first-order chi connectivity index (χ1) is 7.24. The summed E-state index contributed by atoms with van der Waals surface area (Å²) in [6.45, 7) is 2.40. The van der Waals surface area contributed by atoms with Crippen LogP contribution in [0.1, 0.15) is 51.9 Å². The van der Waals surface area contributed by atoms with Gasteiger partial charge in [-0.1, -0.05) is 44.8 Å². The van der Waals surface area contributed by atoms with E-state index in [4.69, 9.17) is 5.73 Å². The molecular formula is C14H25N. The minimum atomic E-state index is 0.340. The summed E-state index contributed by atoms with van der Waals surface area (Å²) < 4.78 is 0. The molecular weight excluding hydrogens is 182 g/mol. The Morgan fingerprint density at radius 2 is 1.73 bits per heavy atom. The maximum atomic E-state index is 5.86. The molecule has 0 amide bonds. The van der Waals surface area contributed by atoms with Crippen LogP contribution in [0.25, 0.3) is 0 Å². The second-order valence-electron chi connectivity index (χ2n) is 5.75. The Kier molecular flexibility index (Phi) is 3.85. The Morgan fingerprint density at radius 1 is 1.00 bits per heavy atom. The van der Waals surface area contributed by atoms with E-state index in [1.165, 1.54) is 44.9 Å². The largest absolute Gasteiger partial charge is 0.324 e. The zero-order valence-corrected chi connectivity index (χ0v) is 9.99. The van der Waals surface area contributed by atoms with Crippen LogP contribution in [0, 0.1) is 17.8 Å². The predicted octanol–water partition coefficient (Wildman–Crippen LogP) is 3.50. The SMILES string of the molecule is CC1CCC(CC2C=CC(N)CC2)CC1. The van der Waals surface area contributed by atoms with Gasteiger partial charge in [-0.05, 0) is 37.0 Å². The van der Waals surface area contributed by atoms with Crippen LogP contribution in [-0.4, -0.2) is 6.04 Å². The molecule has 0 aromatic heterocycles. The molecule has 0 radical (unpaired) electrons. The second kappa shape index (κ2) is 5.16. The summed E-state index contributed by atoms with van der Waals surface area (Å²) in [7, 11) is 0. The molecule has 0 heterocycles. The van der Waals surface area contributed by atoms with Gasteiger partial charge in [-0.15, -0.1) is 0 Å². The lowest BCUT2D eigenvalue weighted by atomic mass is 9.77. The third kappa shape index (κ3) is 3.34. The van der Waals surface area contributed by atoms with Gasteiger partial charge in [0.1, 0.15) is 0 Å². The van der Waals surface area contributed by atoms with Crippen LogP contribution >= 0.6 is 0 Å². The van der Waals surface area contributed by atoms with Crippen molar-refractivity contribution in [1.29, 1.82) is 0 Å². The molecule has 1 nitrogen and oxygen atoms in total. The molecule has 0 bridgehead atoms. The lowest BCUT2D eigenvalue weighted by Gasteiger charge is -2.30. The third-order valence-electron chi connectivity index (χ3n) is 4.27. The first kappa shape index (κ1) is 11.2. The van der Waals surface area contributed by atoms with Crippen molar-refractivity contribution >= 4 is 0 Å². The molecule has 1 saturated carbocycles. The van der Waals surface area contributed by atoms with Crippen LogP contribution in [0.15, 0.2) is 12.2 Å². The minimum Gasteiger partial charge on any atom is -0.324 e. The molecule has 15 heavy (non-hydrogen) atoms. The lowest BCUT2D eigenvalue weighted by Crippen LogP contribution is -2.23. The maximum Gasteiger partial charge on any atom is 0.0223 e. The van der Waals surface area contributed by atoms with Crippen molar-refractivity contribution < 1.29 is 0 Å². The van der Waals surface area contributed by atoms with Crippen molar-refractivity contribution in [3.05, 3.63) is 12.2 Å². The lowest BCUT2D eigenvalue weighted by molar-refractivity contribution is 0.251. The monoisotopic (exact) mass is 207 g/mol. The fraction of sp³-hybridized carbons (Fsp3) is 0.857. The summed E-state index contributed by atoms with van der Waals surface area (Å²) in [5.74, 6) is 2.82. The van der Waals surface area contributed by atoms with E-state index in [1.54, 1.807) is 0 Å². The number of allylic oxidation sites excluding steroid dienone is 1. The Labute approximate surface area is 94.1 Å². The summed E-state index contributed by atoms with van der Waals surface area (Å²) in [4.78, 5) is 0. The van der Waals surface area contributed by atoms with Gasteiger partial charge < -0.3 is 5.73 Å². The van der Waals surface area contributed by atoms with Gasteiger partial charge in [0.15, 0.2) is 0 Å². The van der Waals surface area contributed by atoms with Crippen molar-refractivity contribution in [2.45, 2.75) is 57.9 Å². The molecule has 2 aliphatic carbocycles. The average Bonchev–Trinajstić information content (AvgIpc) is 2.25. The molecule has 86 valence electrons. The predicted molar refractivity (Wildman–Crippen MR) is 65.6 cm³/mol. The number of hydrogen-bond acceptors (Lipinski definition) is 1. The molecule has 0 spiro atoms. The van der Waals surface area contributed by atoms with Gasteiger partial charge in [0.25, 0.3) is 0 Å². The second-order valence-corrected chi connectivity index (χ2v) is 5.75. The smallest absolute Gasteiger partial charge is 0.0223 e. The van der Waals surface area contributed by atoms with E-state index < -0.39 is 0 Å². The standard InChI is InChI=1S/C14H25N/c1-11-2-4-12(5-3-11)10-13-6-8-14(15)9-7-13/h6,8,11-14H,2-5,7,9-10,15H2,1H3. The first-order valence-corrected chi connectivity index (χ1v) is 6.68. The van der Waals surface area contributed by atoms with Crippen molar-refractivity contribution in [3.63, 3.8) is 0 Å². The topological polar surface area (TPSA) is 26.0 Å².